The number of methoxy groups -OCH3 is 1. The van der Waals surface area contributed by atoms with Crippen molar-refractivity contribution in [2.45, 2.75) is 25.0 Å². The molecule has 0 atom stereocenters. The molecule has 9 heteroatoms. The highest BCUT2D eigenvalue weighted by Gasteiger charge is 2.18. The highest BCUT2D eigenvalue weighted by molar-refractivity contribution is 7.99. The molecule has 1 heterocycles. The van der Waals surface area contributed by atoms with Crippen molar-refractivity contribution in [1.82, 2.24) is 14.8 Å². The molecule has 1 amide bonds. The van der Waals surface area contributed by atoms with E-state index in [1.807, 2.05) is 22.8 Å². The molecule has 7 nitrogen and oxygen atoms in total. The van der Waals surface area contributed by atoms with Crippen molar-refractivity contribution >= 4 is 40.7 Å². The number of carbonyl (C=O) groups excluding carboxylic acids is 2. The minimum absolute atomic E-state index is 0.106. The van der Waals surface area contributed by atoms with E-state index in [0.29, 0.717) is 40.4 Å². The molecule has 0 aliphatic carbocycles. The largest absolute Gasteiger partial charge is 0.385 e. The Morgan fingerprint density at radius 2 is 1.87 bits per heavy atom. The molecule has 1 N–H and O–H groups in total. The number of ether oxygens (including phenoxy) is 1. The Morgan fingerprint density at radius 3 is 2.61 bits per heavy atom. The van der Waals surface area contributed by atoms with Crippen LogP contribution in [0.25, 0.3) is 11.4 Å². The lowest BCUT2D eigenvalue weighted by molar-refractivity contribution is -0.113. The Bertz CT molecular complexity index is 1070. The minimum atomic E-state index is -0.232. The molecule has 162 valence electrons. The smallest absolute Gasteiger partial charge is 0.234 e. The molecule has 2 aromatic carbocycles. The SMILES string of the molecule is COCCCn1c(SCC(=O)Nc2ccccc2C(C)=O)nnc1-c1ccccc1Cl. The van der Waals surface area contributed by atoms with Crippen molar-refractivity contribution in [1.29, 1.82) is 0 Å². The fourth-order valence-corrected chi connectivity index (χ4v) is 4.01. The molecule has 0 radical (unpaired) electrons. The van der Waals surface area contributed by atoms with Gasteiger partial charge in [-0.2, -0.15) is 0 Å². The van der Waals surface area contributed by atoms with Crippen LogP contribution in [0.5, 0.6) is 0 Å². The summed E-state index contributed by atoms with van der Waals surface area (Å²) in [6.07, 6.45) is 0.762. The van der Waals surface area contributed by atoms with Crippen molar-refractivity contribution in [3.05, 3.63) is 59.1 Å². The normalized spacial score (nSPS) is 10.8. The van der Waals surface area contributed by atoms with Crippen LogP contribution in [0.15, 0.2) is 53.7 Å². The Morgan fingerprint density at radius 1 is 1.13 bits per heavy atom. The van der Waals surface area contributed by atoms with Crippen LogP contribution in [0.2, 0.25) is 5.02 Å². The maximum Gasteiger partial charge on any atom is 0.234 e. The average molecular weight is 459 g/mol. The van der Waals surface area contributed by atoms with Gasteiger partial charge < -0.3 is 14.6 Å². The lowest BCUT2D eigenvalue weighted by atomic mass is 10.1. The van der Waals surface area contributed by atoms with Crippen LogP contribution >= 0.6 is 23.4 Å². The first kappa shape index (κ1) is 23.0. The maximum atomic E-state index is 12.5. The van der Waals surface area contributed by atoms with E-state index in [-0.39, 0.29) is 17.4 Å². The number of amides is 1. The van der Waals surface area contributed by atoms with E-state index in [4.69, 9.17) is 16.3 Å². The van der Waals surface area contributed by atoms with Crippen LogP contribution in [-0.2, 0) is 16.1 Å². The number of anilines is 1. The summed E-state index contributed by atoms with van der Waals surface area (Å²) < 4.78 is 7.11. The molecule has 1 aromatic heterocycles. The third-order valence-electron chi connectivity index (χ3n) is 4.47. The molecule has 0 aliphatic rings. The number of aromatic nitrogens is 3. The molecule has 0 unspecified atom stereocenters. The lowest BCUT2D eigenvalue weighted by Crippen LogP contribution is -2.16. The summed E-state index contributed by atoms with van der Waals surface area (Å²) in [5, 5.41) is 12.6. The van der Waals surface area contributed by atoms with Gasteiger partial charge in [-0.15, -0.1) is 10.2 Å². The van der Waals surface area contributed by atoms with E-state index >= 15 is 0 Å². The van der Waals surface area contributed by atoms with Gasteiger partial charge in [0.2, 0.25) is 5.91 Å². The van der Waals surface area contributed by atoms with Gasteiger partial charge in [0.15, 0.2) is 16.8 Å². The Hall–Kier alpha value is -2.68. The minimum Gasteiger partial charge on any atom is -0.385 e. The number of para-hydroxylation sites is 1. The molecule has 0 fully saturated rings. The van der Waals surface area contributed by atoms with Crippen molar-refractivity contribution in [2.75, 3.05) is 24.8 Å². The van der Waals surface area contributed by atoms with Crippen LogP contribution in [0.1, 0.15) is 23.7 Å². The molecule has 0 saturated carbocycles. The van der Waals surface area contributed by atoms with Crippen molar-refractivity contribution in [3.63, 3.8) is 0 Å². The van der Waals surface area contributed by atoms with Gasteiger partial charge in [0.25, 0.3) is 0 Å². The standard InChI is InChI=1S/C22H23ClN4O3S/c1-15(28)16-8-4-6-11-19(16)24-20(29)14-31-22-26-25-21(27(22)12-7-13-30-2)17-9-3-5-10-18(17)23/h3-6,8-11H,7,12-14H2,1-2H3,(H,24,29). The summed E-state index contributed by atoms with van der Waals surface area (Å²) in [5.41, 5.74) is 1.75. The number of rotatable bonds is 10. The predicted molar refractivity (Wildman–Crippen MR) is 123 cm³/mol. The number of ketones is 1. The fourth-order valence-electron chi connectivity index (χ4n) is 3.02. The van der Waals surface area contributed by atoms with Crippen LogP contribution in [-0.4, -0.2) is 45.9 Å². The first-order valence-electron chi connectivity index (χ1n) is 9.71. The Balaban J connectivity index is 1.76. The number of nitrogens with one attached hydrogen (secondary N) is 1. The summed E-state index contributed by atoms with van der Waals surface area (Å²) >= 11 is 7.63. The van der Waals surface area contributed by atoms with E-state index in [9.17, 15) is 9.59 Å². The molecule has 3 rings (SSSR count). The molecule has 3 aromatic rings. The second-order valence-corrected chi connectivity index (χ2v) is 8.07. The molecule has 0 spiro atoms. The topological polar surface area (TPSA) is 86.1 Å². The van der Waals surface area contributed by atoms with Crippen LogP contribution in [0.3, 0.4) is 0 Å². The molecular formula is C22H23ClN4O3S. The van der Waals surface area contributed by atoms with Crippen molar-refractivity contribution in [3.8, 4) is 11.4 Å². The van der Waals surface area contributed by atoms with Crippen LogP contribution < -0.4 is 5.32 Å². The van der Waals surface area contributed by atoms with E-state index in [1.54, 1.807) is 37.4 Å². The molecule has 0 aliphatic heterocycles. The van der Waals surface area contributed by atoms with Crippen molar-refractivity contribution < 1.29 is 14.3 Å². The molecule has 0 bridgehead atoms. The summed E-state index contributed by atoms with van der Waals surface area (Å²) in [6.45, 7) is 2.68. The number of nitrogens with zero attached hydrogens (tertiary/aromatic N) is 3. The van der Waals surface area contributed by atoms with Gasteiger partial charge in [0.1, 0.15) is 0 Å². The number of carbonyl (C=O) groups is 2. The van der Waals surface area contributed by atoms with Gasteiger partial charge in [-0.1, -0.05) is 47.6 Å². The van der Waals surface area contributed by atoms with E-state index in [2.05, 4.69) is 15.5 Å². The second kappa shape index (κ2) is 11.1. The highest BCUT2D eigenvalue weighted by Crippen LogP contribution is 2.29. The third-order valence-corrected chi connectivity index (χ3v) is 5.77. The monoisotopic (exact) mass is 458 g/mol. The number of halogens is 1. The molecule has 0 saturated heterocycles. The Labute approximate surface area is 190 Å². The number of hydrogen-bond donors (Lipinski definition) is 1. The predicted octanol–water partition coefficient (Wildman–Crippen LogP) is 4.57. The summed E-state index contributed by atoms with van der Waals surface area (Å²) in [7, 11) is 1.65. The van der Waals surface area contributed by atoms with Gasteiger partial charge in [0.05, 0.1) is 16.5 Å². The highest BCUT2D eigenvalue weighted by atomic mass is 35.5. The third kappa shape index (κ3) is 5.94. The average Bonchev–Trinajstić information content (AvgIpc) is 3.15. The maximum absolute atomic E-state index is 12.5. The zero-order valence-corrected chi connectivity index (χ0v) is 18.9. The molecular weight excluding hydrogens is 436 g/mol. The van der Waals surface area contributed by atoms with Gasteiger partial charge in [-0.05, 0) is 37.6 Å². The summed E-state index contributed by atoms with van der Waals surface area (Å²) in [6, 6.07) is 14.4. The van der Waals surface area contributed by atoms with Crippen molar-refractivity contribution in [2.24, 2.45) is 0 Å². The van der Waals surface area contributed by atoms with E-state index in [1.165, 1.54) is 18.7 Å². The lowest BCUT2D eigenvalue weighted by Gasteiger charge is -2.11. The van der Waals surface area contributed by atoms with Crippen LogP contribution in [0.4, 0.5) is 5.69 Å². The zero-order valence-electron chi connectivity index (χ0n) is 17.3. The van der Waals surface area contributed by atoms with E-state index in [0.717, 1.165) is 12.0 Å². The summed E-state index contributed by atoms with van der Waals surface area (Å²) in [4.78, 5) is 24.3. The first-order valence-corrected chi connectivity index (χ1v) is 11.1. The Kier molecular flexibility index (Phi) is 8.22. The van der Waals surface area contributed by atoms with Gasteiger partial charge in [-0.3, -0.25) is 9.59 Å². The van der Waals surface area contributed by atoms with Gasteiger partial charge in [-0.25, -0.2) is 0 Å². The van der Waals surface area contributed by atoms with Gasteiger partial charge in [0, 0.05) is 31.4 Å². The number of thioether (sulfide) groups is 1. The summed E-state index contributed by atoms with van der Waals surface area (Å²) in [5.74, 6) is 0.429. The van der Waals surface area contributed by atoms with E-state index < -0.39 is 0 Å². The fraction of sp³-hybridized carbons (Fsp3) is 0.273. The van der Waals surface area contributed by atoms with Gasteiger partial charge >= 0.3 is 0 Å². The number of Topliss-reactive ketones (excluding diaryl/α,β-unsaturated/α-hetero) is 1. The molecule has 31 heavy (non-hydrogen) atoms. The second-order valence-electron chi connectivity index (χ2n) is 6.72. The zero-order chi connectivity index (χ0) is 22.2. The van der Waals surface area contributed by atoms with Crippen LogP contribution in [0, 0.1) is 0 Å². The number of benzene rings is 2. The number of hydrogen-bond acceptors (Lipinski definition) is 6. The quantitative estimate of drug-likeness (QED) is 0.272. The first-order chi connectivity index (χ1) is 15.0.